The van der Waals surface area contributed by atoms with E-state index in [4.69, 9.17) is 10.2 Å². The van der Waals surface area contributed by atoms with Crippen molar-refractivity contribution < 1.29 is 28.6 Å². The van der Waals surface area contributed by atoms with Crippen molar-refractivity contribution in [2.24, 2.45) is 0 Å². The van der Waals surface area contributed by atoms with Crippen molar-refractivity contribution in [3.05, 3.63) is 197 Å². The van der Waals surface area contributed by atoms with Gasteiger partial charge in [0.2, 0.25) is 5.82 Å². The van der Waals surface area contributed by atoms with E-state index in [0.717, 1.165) is 16.7 Å². The summed E-state index contributed by atoms with van der Waals surface area (Å²) < 4.78 is 28.4. The molecule has 0 saturated carbocycles. The third-order valence-electron chi connectivity index (χ3n) is 8.33. The topological polar surface area (TPSA) is 118 Å². The first kappa shape index (κ1) is 34.5. The Labute approximate surface area is 292 Å². The van der Waals surface area contributed by atoms with Crippen LogP contribution in [0.2, 0.25) is 0 Å². The molecule has 51 heavy (non-hydrogen) atoms. The average molecular weight is 683 g/mol. The van der Waals surface area contributed by atoms with Gasteiger partial charge in [0, 0.05) is 17.6 Å². The van der Waals surface area contributed by atoms with E-state index in [2.05, 4.69) is 10.3 Å². The Morgan fingerprint density at radius 1 is 0.706 bits per heavy atom. The van der Waals surface area contributed by atoms with Gasteiger partial charge in [-0.3, -0.25) is 9.59 Å². The lowest BCUT2D eigenvalue weighted by Crippen LogP contribution is -2.39. The van der Waals surface area contributed by atoms with Gasteiger partial charge < -0.3 is 10.2 Å². The van der Waals surface area contributed by atoms with Crippen molar-refractivity contribution in [3.63, 3.8) is 0 Å². The number of tetrazole rings is 1. The Kier molecular flexibility index (Phi) is 10.4. The third kappa shape index (κ3) is 7.61. The molecular formula is C41H32F2N4O4. The number of ketones is 1. The number of carboxylic acids is 1. The third-order valence-corrected chi connectivity index (χ3v) is 8.33. The molecule has 0 aliphatic carbocycles. The Hall–Kier alpha value is -6.39. The molecule has 0 fully saturated rings. The monoisotopic (exact) mass is 682 g/mol. The number of allylic oxidation sites excluding steroid dienone is 2. The molecule has 0 aliphatic heterocycles. The van der Waals surface area contributed by atoms with Gasteiger partial charge in [0.15, 0.2) is 5.54 Å². The number of carbonyl (C=O) groups is 2. The number of benzene rings is 5. The molecule has 0 amide bonds. The number of hydrogen-bond acceptors (Lipinski definition) is 6. The van der Waals surface area contributed by atoms with Gasteiger partial charge in [0.25, 0.3) is 0 Å². The number of hydrogen-bond donors (Lipinski definition) is 2. The number of halogens is 2. The minimum absolute atomic E-state index is 0.103. The van der Waals surface area contributed by atoms with Gasteiger partial charge in [-0.2, -0.15) is 0 Å². The maximum absolute atomic E-state index is 14.2. The number of aliphatic hydroxyl groups is 1. The summed E-state index contributed by atoms with van der Waals surface area (Å²) in [5.41, 5.74) is 3.24. The number of aliphatic carboxylic acids is 1. The van der Waals surface area contributed by atoms with Crippen LogP contribution in [0, 0.1) is 11.6 Å². The van der Waals surface area contributed by atoms with Crippen molar-refractivity contribution in [2.75, 3.05) is 0 Å². The van der Waals surface area contributed by atoms with Gasteiger partial charge in [0.05, 0.1) is 6.10 Å². The smallest absolute Gasteiger partial charge is 0.310 e. The summed E-state index contributed by atoms with van der Waals surface area (Å²) in [5, 5.41) is 34.1. The van der Waals surface area contributed by atoms with Crippen LogP contribution < -0.4 is 0 Å². The van der Waals surface area contributed by atoms with Crippen LogP contribution in [0.15, 0.2) is 152 Å². The minimum Gasteiger partial charge on any atom is -0.481 e. The molecule has 8 nitrogen and oxygen atoms in total. The summed E-state index contributed by atoms with van der Waals surface area (Å²) in [6.45, 7) is 0. The first-order valence-electron chi connectivity index (χ1n) is 16.1. The van der Waals surface area contributed by atoms with Crippen molar-refractivity contribution >= 4 is 22.9 Å². The number of aliphatic hydroxyl groups excluding tert-OH is 1. The number of Topliss-reactive ketones (excluding diaryl/α,β-unsaturated/α-hetero) is 1. The van der Waals surface area contributed by atoms with Crippen molar-refractivity contribution in [1.29, 1.82) is 0 Å². The number of rotatable bonds is 13. The summed E-state index contributed by atoms with van der Waals surface area (Å²) in [5.74, 6) is -2.80. The Morgan fingerprint density at radius 3 is 1.59 bits per heavy atom. The summed E-state index contributed by atoms with van der Waals surface area (Å²) >= 11 is 0. The molecule has 10 heteroatoms. The normalized spacial score (nSPS) is 12.1. The first-order chi connectivity index (χ1) is 24.8. The molecule has 1 atom stereocenters. The van der Waals surface area contributed by atoms with Gasteiger partial charge in [0.1, 0.15) is 23.8 Å². The largest absolute Gasteiger partial charge is 0.481 e. The number of carbonyl (C=O) groups excluding carboxylic acids is 1. The lowest BCUT2D eigenvalue weighted by molar-refractivity contribution is -0.140. The van der Waals surface area contributed by atoms with E-state index in [1.165, 1.54) is 41.2 Å². The van der Waals surface area contributed by atoms with Gasteiger partial charge in [-0.15, -0.1) is 15.0 Å². The van der Waals surface area contributed by atoms with E-state index >= 15 is 0 Å². The molecule has 0 aliphatic rings. The molecule has 2 N–H and O–H groups in total. The lowest BCUT2D eigenvalue weighted by atomic mass is 9.77. The second kappa shape index (κ2) is 15.4. The number of nitrogens with zero attached hydrogens (tertiary/aromatic N) is 4. The maximum Gasteiger partial charge on any atom is 0.310 e. The zero-order valence-electron chi connectivity index (χ0n) is 27.2. The summed E-state index contributed by atoms with van der Waals surface area (Å²) in [4.78, 5) is 24.8. The molecule has 0 spiro atoms. The van der Waals surface area contributed by atoms with Crippen LogP contribution in [0.1, 0.15) is 46.5 Å². The van der Waals surface area contributed by atoms with Crippen LogP contribution in [0.3, 0.4) is 0 Å². The molecule has 0 saturated heterocycles. The molecular weight excluding hydrogens is 650 g/mol. The van der Waals surface area contributed by atoms with Gasteiger partial charge in [-0.1, -0.05) is 127 Å². The molecule has 254 valence electrons. The summed E-state index contributed by atoms with van der Waals surface area (Å²) in [7, 11) is 0. The van der Waals surface area contributed by atoms with E-state index < -0.39 is 47.9 Å². The van der Waals surface area contributed by atoms with Gasteiger partial charge >= 0.3 is 5.97 Å². The second-order valence-corrected chi connectivity index (χ2v) is 11.8. The highest BCUT2D eigenvalue weighted by molar-refractivity contribution is 6.01. The van der Waals surface area contributed by atoms with Gasteiger partial charge in [-0.25, -0.2) is 8.78 Å². The Morgan fingerprint density at radius 2 is 1.16 bits per heavy atom. The predicted octanol–water partition coefficient (Wildman–Crippen LogP) is 7.10. The SMILES string of the molecule is O=C(O)CC(=O)CC(O)C=CC(=C(c1ccc(F)cc1)c1ccc(F)cc1)c1nnn(C(c2ccccc2)(c2ccccc2)c2ccccc2)n1. The van der Waals surface area contributed by atoms with Gasteiger partial charge in [-0.05, 0) is 57.3 Å². The first-order valence-corrected chi connectivity index (χ1v) is 16.1. The standard InChI is InChI=1S/C41H32F2N4O4/c42-33-20-16-28(17-21-33)39(29-18-22-34(43)23-19-29)37(25-24-35(48)26-36(49)27-38(50)51)40-44-46-47(45-40)41(30-10-4-1-5-11-30,31-12-6-2-7-13-31)32-14-8-3-9-15-32/h1-25,35,48H,26-27H2,(H,50,51). The number of aromatic nitrogens is 4. The zero-order chi connectivity index (χ0) is 35.8. The van der Waals surface area contributed by atoms with Crippen LogP contribution in [0.5, 0.6) is 0 Å². The van der Waals surface area contributed by atoms with Crippen LogP contribution in [-0.4, -0.2) is 48.3 Å². The Bertz CT molecular complexity index is 2020. The number of carboxylic acid groups (broad SMARTS) is 1. The highest BCUT2D eigenvalue weighted by Gasteiger charge is 2.41. The van der Waals surface area contributed by atoms with Crippen LogP contribution in [0.4, 0.5) is 8.78 Å². The predicted molar refractivity (Wildman–Crippen MR) is 188 cm³/mol. The molecule has 0 radical (unpaired) electrons. The van der Waals surface area contributed by atoms with E-state index in [-0.39, 0.29) is 5.82 Å². The molecule has 0 bridgehead atoms. The van der Waals surface area contributed by atoms with Crippen molar-refractivity contribution in [3.8, 4) is 0 Å². The maximum atomic E-state index is 14.2. The van der Waals surface area contributed by atoms with E-state index in [0.29, 0.717) is 22.3 Å². The lowest BCUT2D eigenvalue weighted by Gasteiger charge is -2.34. The highest BCUT2D eigenvalue weighted by Crippen LogP contribution is 2.40. The minimum atomic E-state index is -1.36. The fraction of sp³-hybridized carbons (Fsp3) is 0.0976. The molecule has 5 aromatic carbocycles. The van der Waals surface area contributed by atoms with Crippen LogP contribution in [-0.2, 0) is 15.1 Å². The van der Waals surface area contributed by atoms with Crippen LogP contribution >= 0.6 is 0 Å². The molecule has 1 unspecified atom stereocenters. The zero-order valence-corrected chi connectivity index (χ0v) is 27.2. The van der Waals surface area contributed by atoms with Crippen LogP contribution in [0.25, 0.3) is 11.1 Å². The van der Waals surface area contributed by atoms with Crippen molar-refractivity contribution in [2.45, 2.75) is 24.5 Å². The van der Waals surface area contributed by atoms with E-state index in [1.807, 2.05) is 91.0 Å². The molecule has 6 rings (SSSR count). The quantitative estimate of drug-likeness (QED) is 0.0758. The summed E-state index contributed by atoms with van der Waals surface area (Å²) in [6.07, 6.45) is 0.304. The fourth-order valence-corrected chi connectivity index (χ4v) is 6.08. The molecule has 1 heterocycles. The van der Waals surface area contributed by atoms with Crippen molar-refractivity contribution in [1.82, 2.24) is 20.2 Å². The second-order valence-electron chi connectivity index (χ2n) is 11.8. The Balaban J connectivity index is 1.62. The highest BCUT2D eigenvalue weighted by atomic mass is 19.1. The van der Waals surface area contributed by atoms with E-state index in [1.54, 1.807) is 24.3 Å². The fourth-order valence-electron chi connectivity index (χ4n) is 6.08. The molecule has 1 aromatic heterocycles. The molecule has 6 aromatic rings. The summed E-state index contributed by atoms with van der Waals surface area (Å²) in [6, 6.07) is 40.6. The van der Waals surface area contributed by atoms with E-state index in [9.17, 15) is 23.5 Å². The average Bonchev–Trinajstić information content (AvgIpc) is 3.63.